The SMILES string of the molecule is O=C(NCc1ccccc1F)c1cc2ccc(Cl)cc2[nH]1. The van der Waals surface area contributed by atoms with E-state index >= 15 is 0 Å². The van der Waals surface area contributed by atoms with Gasteiger partial charge in [-0.15, -0.1) is 0 Å². The molecule has 0 spiro atoms. The molecule has 0 radical (unpaired) electrons. The summed E-state index contributed by atoms with van der Waals surface area (Å²) in [5.41, 5.74) is 1.66. The summed E-state index contributed by atoms with van der Waals surface area (Å²) < 4.78 is 13.5. The molecule has 3 nitrogen and oxygen atoms in total. The van der Waals surface area contributed by atoms with Crippen LogP contribution in [0.4, 0.5) is 4.39 Å². The fourth-order valence-corrected chi connectivity index (χ4v) is 2.31. The number of aromatic nitrogens is 1. The Kier molecular flexibility index (Phi) is 3.62. The van der Waals surface area contributed by atoms with E-state index in [1.165, 1.54) is 6.07 Å². The van der Waals surface area contributed by atoms with Gasteiger partial charge in [-0.1, -0.05) is 35.9 Å². The fourth-order valence-electron chi connectivity index (χ4n) is 2.13. The van der Waals surface area contributed by atoms with Crippen molar-refractivity contribution in [2.75, 3.05) is 0 Å². The van der Waals surface area contributed by atoms with Crippen LogP contribution in [0.25, 0.3) is 10.9 Å². The van der Waals surface area contributed by atoms with Crippen molar-refractivity contribution in [3.63, 3.8) is 0 Å². The molecule has 0 saturated heterocycles. The molecular weight excluding hydrogens is 291 g/mol. The largest absolute Gasteiger partial charge is 0.350 e. The van der Waals surface area contributed by atoms with Gasteiger partial charge in [0.05, 0.1) is 0 Å². The summed E-state index contributed by atoms with van der Waals surface area (Å²) in [4.78, 5) is 15.1. The number of fused-ring (bicyclic) bond motifs is 1. The van der Waals surface area contributed by atoms with Crippen LogP contribution in [0.1, 0.15) is 16.1 Å². The molecule has 5 heteroatoms. The number of carbonyl (C=O) groups excluding carboxylic acids is 1. The lowest BCUT2D eigenvalue weighted by molar-refractivity contribution is 0.0946. The molecule has 3 aromatic rings. The minimum atomic E-state index is -0.332. The van der Waals surface area contributed by atoms with Gasteiger partial charge in [0.25, 0.3) is 5.91 Å². The summed E-state index contributed by atoms with van der Waals surface area (Å²) in [6.07, 6.45) is 0. The summed E-state index contributed by atoms with van der Waals surface area (Å²) in [6.45, 7) is 0.141. The standard InChI is InChI=1S/C16H12ClFN2O/c17-12-6-5-10-7-15(20-14(10)8-12)16(21)19-9-11-3-1-2-4-13(11)18/h1-8,20H,9H2,(H,19,21). The van der Waals surface area contributed by atoms with Crippen molar-refractivity contribution >= 4 is 28.4 Å². The van der Waals surface area contributed by atoms with Gasteiger partial charge < -0.3 is 10.3 Å². The Morgan fingerprint density at radius 2 is 2.00 bits per heavy atom. The second-order valence-corrected chi connectivity index (χ2v) is 5.13. The highest BCUT2D eigenvalue weighted by atomic mass is 35.5. The quantitative estimate of drug-likeness (QED) is 0.757. The third-order valence-corrected chi connectivity index (χ3v) is 3.46. The van der Waals surface area contributed by atoms with E-state index in [1.54, 1.807) is 36.4 Å². The maximum absolute atomic E-state index is 13.5. The molecular formula is C16H12ClFN2O. The van der Waals surface area contributed by atoms with Gasteiger partial charge >= 0.3 is 0 Å². The smallest absolute Gasteiger partial charge is 0.267 e. The van der Waals surface area contributed by atoms with E-state index in [9.17, 15) is 9.18 Å². The van der Waals surface area contributed by atoms with Crippen LogP contribution in [0.5, 0.6) is 0 Å². The molecule has 2 aromatic carbocycles. The second-order valence-electron chi connectivity index (χ2n) is 4.69. The number of aromatic amines is 1. The van der Waals surface area contributed by atoms with Crippen LogP contribution in [0.3, 0.4) is 0 Å². The molecule has 0 unspecified atom stereocenters. The van der Waals surface area contributed by atoms with E-state index in [4.69, 9.17) is 11.6 Å². The van der Waals surface area contributed by atoms with Gasteiger partial charge in [0, 0.05) is 28.0 Å². The zero-order valence-corrected chi connectivity index (χ0v) is 11.7. The average molecular weight is 303 g/mol. The van der Waals surface area contributed by atoms with Crippen molar-refractivity contribution in [3.8, 4) is 0 Å². The zero-order valence-electron chi connectivity index (χ0n) is 11.0. The normalized spacial score (nSPS) is 10.8. The third-order valence-electron chi connectivity index (χ3n) is 3.23. The average Bonchev–Trinajstić information content (AvgIpc) is 2.89. The molecule has 0 aliphatic heterocycles. The number of nitrogens with one attached hydrogen (secondary N) is 2. The number of benzene rings is 2. The van der Waals surface area contributed by atoms with Gasteiger partial charge in [-0.3, -0.25) is 4.79 Å². The molecule has 0 aliphatic carbocycles. The summed E-state index contributed by atoms with van der Waals surface area (Å²) in [5.74, 6) is -0.619. The lowest BCUT2D eigenvalue weighted by Crippen LogP contribution is -2.23. The summed E-state index contributed by atoms with van der Waals surface area (Å²) in [7, 11) is 0. The minimum Gasteiger partial charge on any atom is -0.350 e. The first kappa shape index (κ1) is 13.6. The van der Waals surface area contributed by atoms with Crippen molar-refractivity contribution in [2.24, 2.45) is 0 Å². The van der Waals surface area contributed by atoms with Crippen LogP contribution < -0.4 is 5.32 Å². The van der Waals surface area contributed by atoms with E-state index < -0.39 is 0 Å². The molecule has 0 saturated carbocycles. The van der Waals surface area contributed by atoms with E-state index in [-0.39, 0.29) is 18.3 Å². The molecule has 21 heavy (non-hydrogen) atoms. The second kappa shape index (κ2) is 5.58. The number of hydrogen-bond donors (Lipinski definition) is 2. The molecule has 1 heterocycles. The van der Waals surface area contributed by atoms with Gasteiger partial charge in [-0.05, 0) is 24.3 Å². The zero-order chi connectivity index (χ0) is 14.8. The van der Waals surface area contributed by atoms with Crippen LogP contribution in [0.2, 0.25) is 5.02 Å². The van der Waals surface area contributed by atoms with Gasteiger partial charge in [-0.25, -0.2) is 4.39 Å². The predicted octanol–water partition coefficient (Wildman–Crippen LogP) is 3.89. The fraction of sp³-hybridized carbons (Fsp3) is 0.0625. The Morgan fingerprint density at radius 3 is 2.81 bits per heavy atom. The first-order valence-electron chi connectivity index (χ1n) is 6.43. The molecule has 2 N–H and O–H groups in total. The number of halogens is 2. The number of carbonyl (C=O) groups is 1. The van der Waals surface area contributed by atoms with Crippen molar-refractivity contribution in [2.45, 2.75) is 6.54 Å². The van der Waals surface area contributed by atoms with Gasteiger partial charge in [0.15, 0.2) is 0 Å². The molecule has 3 rings (SSSR count). The van der Waals surface area contributed by atoms with E-state index in [1.807, 2.05) is 6.07 Å². The van der Waals surface area contributed by atoms with Gasteiger partial charge in [0.1, 0.15) is 11.5 Å². The molecule has 0 aliphatic rings. The first-order chi connectivity index (χ1) is 10.1. The third kappa shape index (κ3) is 2.90. The number of rotatable bonds is 3. The van der Waals surface area contributed by atoms with Gasteiger partial charge in [0.2, 0.25) is 0 Å². The Labute approximate surface area is 125 Å². The van der Waals surface area contributed by atoms with Crippen LogP contribution in [0.15, 0.2) is 48.5 Å². The molecule has 1 amide bonds. The summed E-state index contributed by atoms with van der Waals surface area (Å²) in [5, 5.41) is 4.19. The lowest BCUT2D eigenvalue weighted by atomic mass is 10.2. The molecule has 0 fully saturated rings. The molecule has 1 aromatic heterocycles. The van der Waals surface area contributed by atoms with Crippen LogP contribution in [-0.2, 0) is 6.54 Å². The molecule has 0 bridgehead atoms. The Balaban J connectivity index is 1.76. The maximum atomic E-state index is 13.5. The maximum Gasteiger partial charge on any atom is 0.267 e. The molecule has 106 valence electrons. The monoisotopic (exact) mass is 302 g/mol. The number of hydrogen-bond acceptors (Lipinski definition) is 1. The topological polar surface area (TPSA) is 44.9 Å². The molecule has 0 atom stereocenters. The minimum absolute atomic E-state index is 0.141. The van der Waals surface area contributed by atoms with Crippen LogP contribution in [0, 0.1) is 5.82 Å². The van der Waals surface area contributed by atoms with Crippen molar-refractivity contribution in [3.05, 3.63) is 70.6 Å². The van der Waals surface area contributed by atoms with Crippen molar-refractivity contribution < 1.29 is 9.18 Å². The lowest BCUT2D eigenvalue weighted by Gasteiger charge is -2.04. The van der Waals surface area contributed by atoms with Gasteiger partial charge in [-0.2, -0.15) is 0 Å². The van der Waals surface area contributed by atoms with E-state index in [2.05, 4.69) is 10.3 Å². The van der Waals surface area contributed by atoms with E-state index in [0.29, 0.717) is 16.3 Å². The summed E-state index contributed by atoms with van der Waals surface area (Å²) >= 11 is 5.90. The van der Waals surface area contributed by atoms with Crippen LogP contribution in [-0.4, -0.2) is 10.9 Å². The van der Waals surface area contributed by atoms with Crippen LogP contribution >= 0.6 is 11.6 Å². The Morgan fingerprint density at radius 1 is 1.19 bits per heavy atom. The van der Waals surface area contributed by atoms with Crippen molar-refractivity contribution in [1.82, 2.24) is 10.3 Å². The number of amides is 1. The van der Waals surface area contributed by atoms with E-state index in [0.717, 1.165) is 10.9 Å². The Hall–Kier alpha value is -2.33. The number of H-pyrrole nitrogens is 1. The highest BCUT2D eigenvalue weighted by Crippen LogP contribution is 2.20. The summed E-state index contributed by atoms with van der Waals surface area (Å²) in [6, 6.07) is 13.4. The highest BCUT2D eigenvalue weighted by Gasteiger charge is 2.10. The first-order valence-corrected chi connectivity index (χ1v) is 6.81. The highest BCUT2D eigenvalue weighted by molar-refractivity contribution is 6.31. The Bertz CT molecular complexity index is 813. The van der Waals surface area contributed by atoms with Crippen molar-refractivity contribution in [1.29, 1.82) is 0 Å². The predicted molar refractivity (Wildman–Crippen MR) is 80.9 cm³/mol.